The van der Waals surface area contributed by atoms with E-state index < -0.39 is 0 Å². The maximum Gasteiger partial charge on any atom is 0.130 e. The normalized spacial score (nSPS) is 23.0. The number of allylic oxidation sites excluding steroid dienone is 2. The smallest absolute Gasteiger partial charge is 0.130 e. The van der Waals surface area contributed by atoms with Crippen LogP contribution in [0.2, 0.25) is 0 Å². The zero-order chi connectivity index (χ0) is 17.6. The van der Waals surface area contributed by atoms with Crippen molar-refractivity contribution < 1.29 is 9.13 Å². The SMILES string of the molecule is C[C@@H]1C2=C(CC(C)(C)CC2=Nc2cccc(F)c2)Oc2ccccc21. The standard InChI is InChI=1S/C22H22FNO/c1-14-17-9-4-5-10-19(17)25-20-13-22(2,3)12-18(21(14)20)24-16-8-6-7-15(23)11-16/h4-11,14H,12-13H2,1-3H3/t14-/m0/s1. The predicted molar refractivity (Wildman–Crippen MR) is 99.0 cm³/mol. The first kappa shape index (κ1) is 16.1. The monoisotopic (exact) mass is 335 g/mol. The average molecular weight is 335 g/mol. The molecule has 1 aliphatic carbocycles. The molecule has 0 fully saturated rings. The number of ether oxygens (including phenoxy) is 1. The molecule has 1 aliphatic heterocycles. The van der Waals surface area contributed by atoms with Gasteiger partial charge in [-0.25, -0.2) is 4.39 Å². The van der Waals surface area contributed by atoms with Crippen molar-refractivity contribution in [1.29, 1.82) is 0 Å². The molecule has 128 valence electrons. The summed E-state index contributed by atoms with van der Waals surface area (Å²) in [4.78, 5) is 4.82. The molecular weight excluding hydrogens is 313 g/mol. The number of rotatable bonds is 1. The van der Waals surface area contributed by atoms with E-state index in [2.05, 4.69) is 26.8 Å². The molecule has 0 unspecified atom stereocenters. The van der Waals surface area contributed by atoms with Gasteiger partial charge in [0.15, 0.2) is 0 Å². The van der Waals surface area contributed by atoms with Crippen molar-refractivity contribution in [3.63, 3.8) is 0 Å². The van der Waals surface area contributed by atoms with E-state index in [-0.39, 0.29) is 17.2 Å². The Morgan fingerprint density at radius 3 is 2.68 bits per heavy atom. The second-order valence-corrected chi connectivity index (χ2v) is 7.75. The maximum absolute atomic E-state index is 13.6. The van der Waals surface area contributed by atoms with Gasteiger partial charge in [-0.1, -0.05) is 45.0 Å². The van der Waals surface area contributed by atoms with Crippen LogP contribution in [0.15, 0.2) is 64.9 Å². The molecular formula is C22H22FNO. The van der Waals surface area contributed by atoms with Crippen LogP contribution in [0.3, 0.4) is 0 Å². The molecule has 2 nitrogen and oxygen atoms in total. The van der Waals surface area contributed by atoms with Crippen molar-refractivity contribution in [2.75, 3.05) is 0 Å². The average Bonchev–Trinajstić information content (AvgIpc) is 2.53. The summed E-state index contributed by atoms with van der Waals surface area (Å²) in [7, 11) is 0. The number of hydrogen-bond donors (Lipinski definition) is 0. The van der Waals surface area contributed by atoms with Gasteiger partial charge in [0.1, 0.15) is 17.3 Å². The number of aliphatic imine (C=N–C) groups is 1. The van der Waals surface area contributed by atoms with E-state index in [1.165, 1.54) is 23.3 Å². The Kier molecular flexibility index (Phi) is 3.75. The van der Waals surface area contributed by atoms with Crippen LogP contribution in [0.1, 0.15) is 45.1 Å². The number of para-hydroxylation sites is 1. The number of hydrogen-bond acceptors (Lipinski definition) is 2. The van der Waals surface area contributed by atoms with Crippen molar-refractivity contribution in [2.24, 2.45) is 10.4 Å². The van der Waals surface area contributed by atoms with Crippen molar-refractivity contribution >= 4 is 11.4 Å². The van der Waals surface area contributed by atoms with E-state index in [4.69, 9.17) is 9.73 Å². The lowest BCUT2D eigenvalue weighted by Crippen LogP contribution is -2.32. The molecule has 0 amide bonds. The summed E-state index contributed by atoms with van der Waals surface area (Å²) in [6.07, 6.45) is 1.75. The summed E-state index contributed by atoms with van der Waals surface area (Å²) in [5.74, 6) is 1.92. The van der Waals surface area contributed by atoms with Gasteiger partial charge in [0.2, 0.25) is 0 Å². The fraction of sp³-hybridized carbons (Fsp3) is 0.318. The van der Waals surface area contributed by atoms with Crippen LogP contribution >= 0.6 is 0 Å². The van der Waals surface area contributed by atoms with E-state index in [1.807, 2.05) is 24.3 Å². The highest BCUT2D eigenvalue weighted by Gasteiger charge is 2.38. The first-order chi connectivity index (χ1) is 11.9. The summed E-state index contributed by atoms with van der Waals surface area (Å²) >= 11 is 0. The van der Waals surface area contributed by atoms with Crippen LogP contribution in [0.25, 0.3) is 0 Å². The van der Waals surface area contributed by atoms with Gasteiger partial charge in [-0.05, 0) is 36.1 Å². The summed E-state index contributed by atoms with van der Waals surface area (Å²) in [5, 5.41) is 0. The molecule has 0 bridgehead atoms. The molecule has 3 heteroatoms. The third-order valence-electron chi connectivity index (χ3n) is 5.02. The molecule has 2 aromatic carbocycles. The number of halogens is 1. The molecule has 4 rings (SSSR count). The Morgan fingerprint density at radius 2 is 1.88 bits per heavy atom. The third-order valence-corrected chi connectivity index (χ3v) is 5.02. The molecule has 0 N–H and O–H groups in total. The fourth-order valence-electron chi connectivity index (χ4n) is 3.90. The lowest BCUT2D eigenvalue weighted by molar-refractivity contribution is 0.278. The molecule has 0 radical (unpaired) electrons. The number of fused-ring (bicyclic) bond motifs is 1. The topological polar surface area (TPSA) is 21.6 Å². The van der Waals surface area contributed by atoms with E-state index in [0.717, 1.165) is 30.1 Å². The van der Waals surface area contributed by atoms with Gasteiger partial charge in [0.05, 0.1) is 5.69 Å². The molecule has 2 aromatic rings. The lowest BCUT2D eigenvalue weighted by atomic mass is 9.71. The second kappa shape index (κ2) is 5.83. The van der Waals surface area contributed by atoms with Gasteiger partial charge in [-0.2, -0.15) is 0 Å². The largest absolute Gasteiger partial charge is 0.461 e. The molecule has 0 spiro atoms. The molecule has 0 saturated heterocycles. The Labute approximate surface area is 148 Å². The van der Waals surface area contributed by atoms with Gasteiger partial charge < -0.3 is 4.74 Å². The quantitative estimate of drug-likeness (QED) is 0.611. The van der Waals surface area contributed by atoms with Gasteiger partial charge in [-0.15, -0.1) is 0 Å². The fourth-order valence-corrected chi connectivity index (χ4v) is 3.90. The number of benzene rings is 2. The highest BCUT2D eigenvalue weighted by Crippen LogP contribution is 2.48. The summed E-state index contributed by atoms with van der Waals surface area (Å²) in [6, 6.07) is 14.7. The Bertz CT molecular complexity index is 894. The minimum atomic E-state index is -0.260. The zero-order valence-electron chi connectivity index (χ0n) is 14.8. The van der Waals surface area contributed by atoms with Crippen LogP contribution in [0.5, 0.6) is 5.75 Å². The maximum atomic E-state index is 13.6. The molecule has 1 atom stereocenters. The highest BCUT2D eigenvalue weighted by atomic mass is 19.1. The van der Waals surface area contributed by atoms with Crippen LogP contribution in [-0.4, -0.2) is 5.71 Å². The van der Waals surface area contributed by atoms with Crippen LogP contribution in [0.4, 0.5) is 10.1 Å². The Hall–Kier alpha value is -2.42. The summed E-state index contributed by atoms with van der Waals surface area (Å²) in [5.41, 5.74) is 4.09. The molecule has 25 heavy (non-hydrogen) atoms. The van der Waals surface area contributed by atoms with Gasteiger partial charge in [0, 0.05) is 29.2 Å². The van der Waals surface area contributed by atoms with Crippen LogP contribution in [-0.2, 0) is 0 Å². The minimum Gasteiger partial charge on any atom is -0.461 e. The van der Waals surface area contributed by atoms with Crippen molar-refractivity contribution in [3.05, 3.63) is 71.2 Å². The highest BCUT2D eigenvalue weighted by molar-refractivity contribution is 6.04. The van der Waals surface area contributed by atoms with E-state index >= 15 is 0 Å². The van der Waals surface area contributed by atoms with E-state index in [1.54, 1.807) is 6.07 Å². The molecule has 1 heterocycles. The zero-order valence-corrected chi connectivity index (χ0v) is 14.8. The molecule has 0 saturated carbocycles. The number of nitrogens with zero attached hydrogens (tertiary/aromatic N) is 1. The Balaban J connectivity index is 1.84. The van der Waals surface area contributed by atoms with Crippen molar-refractivity contribution in [3.8, 4) is 5.75 Å². The minimum absolute atomic E-state index is 0.0665. The predicted octanol–water partition coefficient (Wildman–Crippen LogP) is 6.17. The third kappa shape index (κ3) is 2.99. The Morgan fingerprint density at radius 1 is 1.08 bits per heavy atom. The second-order valence-electron chi connectivity index (χ2n) is 7.75. The molecule has 0 aromatic heterocycles. The first-order valence-corrected chi connectivity index (χ1v) is 8.76. The van der Waals surface area contributed by atoms with Crippen LogP contribution < -0.4 is 4.74 Å². The van der Waals surface area contributed by atoms with Gasteiger partial charge in [0.25, 0.3) is 0 Å². The van der Waals surface area contributed by atoms with Gasteiger partial charge in [-0.3, -0.25) is 4.99 Å². The summed E-state index contributed by atoms with van der Waals surface area (Å²) < 4.78 is 19.8. The van der Waals surface area contributed by atoms with Crippen molar-refractivity contribution in [1.82, 2.24) is 0 Å². The van der Waals surface area contributed by atoms with Crippen molar-refractivity contribution in [2.45, 2.75) is 39.5 Å². The van der Waals surface area contributed by atoms with E-state index in [9.17, 15) is 4.39 Å². The lowest BCUT2D eigenvalue weighted by Gasteiger charge is -2.39. The van der Waals surface area contributed by atoms with Gasteiger partial charge >= 0.3 is 0 Å². The van der Waals surface area contributed by atoms with Crippen LogP contribution in [0, 0.1) is 11.2 Å². The summed E-state index contributed by atoms with van der Waals surface area (Å²) in [6.45, 7) is 6.66. The molecule has 2 aliphatic rings. The van der Waals surface area contributed by atoms with E-state index in [0.29, 0.717) is 5.69 Å². The first-order valence-electron chi connectivity index (χ1n) is 8.76.